The van der Waals surface area contributed by atoms with E-state index in [1.807, 2.05) is 6.92 Å². The van der Waals surface area contributed by atoms with Crippen molar-refractivity contribution >= 4 is 22.6 Å². The van der Waals surface area contributed by atoms with Crippen LogP contribution in [0.4, 0.5) is 0 Å². The summed E-state index contributed by atoms with van der Waals surface area (Å²) in [4.78, 5) is 41.1. The fourth-order valence-electron chi connectivity index (χ4n) is 3.76. The Balaban J connectivity index is 1.57. The molecule has 2 heterocycles. The van der Waals surface area contributed by atoms with E-state index in [1.54, 1.807) is 34.9 Å². The molecule has 4 aromatic rings. The number of imidazole rings is 1. The number of halogens is 1. The third-order valence-corrected chi connectivity index (χ3v) is 5.77. The van der Waals surface area contributed by atoms with Gasteiger partial charge in [-0.15, -0.1) is 5.10 Å². The maximum Gasteiger partial charge on any atom is 0.349 e. The maximum atomic E-state index is 12.3. The molecule has 10 nitrogen and oxygen atoms in total. The zero-order valence-electron chi connectivity index (χ0n) is 17.4. The molecule has 5 rings (SSSR count). The summed E-state index contributed by atoms with van der Waals surface area (Å²) in [6.45, 7) is 1.90. The Morgan fingerprint density at radius 3 is 2.67 bits per heavy atom. The quantitative estimate of drug-likeness (QED) is 0.465. The first-order chi connectivity index (χ1) is 15.9. The van der Waals surface area contributed by atoms with E-state index in [0.717, 1.165) is 28.6 Å². The Morgan fingerprint density at radius 1 is 1.18 bits per heavy atom. The van der Waals surface area contributed by atoms with Gasteiger partial charge in [-0.3, -0.25) is 14.3 Å². The average Bonchev–Trinajstić information content (AvgIpc) is 3.56. The molecule has 1 aliphatic carbocycles. The molecule has 1 fully saturated rings. The van der Waals surface area contributed by atoms with Crippen LogP contribution in [-0.2, 0) is 6.42 Å². The number of hydrogen-bond donors (Lipinski definition) is 2. The van der Waals surface area contributed by atoms with Crippen molar-refractivity contribution in [1.29, 1.82) is 5.26 Å². The summed E-state index contributed by atoms with van der Waals surface area (Å²) in [5.74, 6) is 0.905. The van der Waals surface area contributed by atoms with Gasteiger partial charge in [-0.25, -0.2) is 9.59 Å². The fraction of sp³-hybridized carbons (Fsp3) is 0.227. The number of hydrogen-bond acceptors (Lipinski definition) is 6. The van der Waals surface area contributed by atoms with Crippen LogP contribution >= 0.6 is 11.6 Å². The van der Waals surface area contributed by atoms with E-state index < -0.39 is 16.9 Å². The molecule has 0 unspecified atom stereocenters. The zero-order chi connectivity index (χ0) is 23.3. The predicted octanol–water partition coefficient (Wildman–Crippen LogP) is 2.78. The van der Waals surface area contributed by atoms with Gasteiger partial charge in [0.05, 0.1) is 21.7 Å². The minimum Gasteiger partial charge on any atom is -0.455 e. The van der Waals surface area contributed by atoms with Crippen LogP contribution in [0.25, 0.3) is 16.7 Å². The van der Waals surface area contributed by atoms with E-state index in [-0.39, 0.29) is 22.4 Å². The van der Waals surface area contributed by atoms with E-state index >= 15 is 0 Å². The molecule has 1 saturated carbocycles. The number of benzene rings is 2. The van der Waals surface area contributed by atoms with Gasteiger partial charge in [0.2, 0.25) is 5.69 Å². The summed E-state index contributed by atoms with van der Waals surface area (Å²) in [6.07, 6.45) is 2.46. The summed E-state index contributed by atoms with van der Waals surface area (Å²) >= 11 is 6.52. The fourth-order valence-corrected chi connectivity index (χ4v) is 4.03. The zero-order valence-corrected chi connectivity index (χ0v) is 18.1. The molecule has 2 aromatic carbocycles. The van der Waals surface area contributed by atoms with Gasteiger partial charge in [-0.05, 0) is 49.1 Å². The first kappa shape index (κ1) is 20.8. The molecule has 2 aromatic heterocycles. The van der Waals surface area contributed by atoms with Crippen molar-refractivity contribution in [2.45, 2.75) is 32.2 Å². The minimum atomic E-state index is -0.856. The van der Waals surface area contributed by atoms with E-state index in [0.29, 0.717) is 23.5 Å². The molecule has 0 amide bonds. The van der Waals surface area contributed by atoms with Crippen molar-refractivity contribution in [3.8, 4) is 23.3 Å². The van der Waals surface area contributed by atoms with Gasteiger partial charge in [0.1, 0.15) is 17.6 Å². The van der Waals surface area contributed by atoms with E-state index in [4.69, 9.17) is 21.6 Å². The molecular formula is C22H17ClN6O4. The van der Waals surface area contributed by atoms with E-state index in [1.165, 1.54) is 6.07 Å². The average molecular weight is 465 g/mol. The van der Waals surface area contributed by atoms with Crippen LogP contribution in [0.5, 0.6) is 11.5 Å². The summed E-state index contributed by atoms with van der Waals surface area (Å²) in [6, 6.07) is 10.3. The third-order valence-electron chi connectivity index (χ3n) is 5.49. The second kappa shape index (κ2) is 7.79. The topological polar surface area (TPSA) is 139 Å². The number of aromatic nitrogens is 5. The first-order valence-electron chi connectivity index (χ1n) is 10.3. The number of aromatic amines is 2. The van der Waals surface area contributed by atoms with Gasteiger partial charge in [-0.2, -0.15) is 9.94 Å². The number of rotatable bonds is 5. The molecular weight excluding hydrogens is 448 g/mol. The van der Waals surface area contributed by atoms with Gasteiger partial charge < -0.3 is 9.72 Å². The van der Waals surface area contributed by atoms with Crippen molar-refractivity contribution in [1.82, 2.24) is 24.3 Å². The Kier molecular flexibility index (Phi) is 4.91. The number of nitrogens with one attached hydrogen (secondary N) is 2. The first-order valence-corrected chi connectivity index (χ1v) is 10.7. The van der Waals surface area contributed by atoms with Gasteiger partial charge in [0.15, 0.2) is 0 Å². The van der Waals surface area contributed by atoms with Gasteiger partial charge >= 0.3 is 11.4 Å². The SMILES string of the molecule is CCc1cc(-n2nc(C#N)c(=O)[nH]c2=O)cc(Cl)c1Oc1ccc2[nH]c(=O)n(C3CC3)c2c1. The van der Waals surface area contributed by atoms with Crippen molar-refractivity contribution in [3.63, 3.8) is 0 Å². The molecule has 166 valence electrons. The van der Waals surface area contributed by atoms with E-state index in [9.17, 15) is 14.4 Å². The van der Waals surface area contributed by atoms with Crippen LogP contribution in [0.15, 0.2) is 44.7 Å². The Bertz CT molecular complexity index is 1630. The van der Waals surface area contributed by atoms with E-state index in [2.05, 4.69) is 15.1 Å². The number of ether oxygens (including phenoxy) is 1. The Labute approximate surface area is 190 Å². The normalized spacial score (nSPS) is 13.2. The number of fused-ring (bicyclic) bond motifs is 1. The number of nitriles is 1. The Hall–Kier alpha value is -4.10. The highest BCUT2D eigenvalue weighted by atomic mass is 35.5. The molecule has 2 N–H and O–H groups in total. The summed E-state index contributed by atoms with van der Waals surface area (Å²) < 4.78 is 8.77. The Morgan fingerprint density at radius 2 is 1.97 bits per heavy atom. The summed E-state index contributed by atoms with van der Waals surface area (Å²) in [5.41, 5.74) is 0.233. The van der Waals surface area contributed by atoms with Gasteiger partial charge in [-0.1, -0.05) is 18.5 Å². The van der Waals surface area contributed by atoms with Crippen LogP contribution in [0, 0.1) is 11.3 Å². The monoisotopic (exact) mass is 464 g/mol. The van der Waals surface area contributed by atoms with Crippen LogP contribution in [-0.4, -0.2) is 24.3 Å². The second-order valence-electron chi connectivity index (χ2n) is 7.71. The molecule has 0 atom stereocenters. The van der Waals surface area contributed by atoms with Crippen LogP contribution in [0.1, 0.15) is 37.1 Å². The van der Waals surface area contributed by atoms with Crippen molar-refractivity contribution in [3.05, 3.63) is 77.9 Å². The summed E-state index contributed by atoms with van der Waals surface area (Å²) in [7, 11) is 0. The number of H-pyrrole nitrogens is 2. The van der Waals surface area contributed by atoms with Gasteiger partial charge in [0, 0.05) is 12.1 Å². The van der Waals surface area contributed by atoms with Crippen molar-refractivity contribution in [2.75, 3.05) is 0 Å². The molecule has 0 bridgehead atoms. The lowest BCUT2D eigenvalue weighted by molar-refractivity contribution is 0.477. The van der Waals surface area contributed by atoms with Crippen molar-refractivity contribution < 1.29 is 4.74 Å². The lowest BCUT2D eigenvalue weighted by Gasteiger charge is -2.15. The summed E-state index contributed by atoms with van der Waals surface area (Å²) in [5, 5.41) is 13.1. The highest BCUT2D eigenvalue weighted by Gasteiger charge is 2.27. The van der Waals surface area contributed by atoms with Crippen LogP contribution in [0.2, 0.25) is 5.02 Å². The number of aryl methyl sites for hydroxylation is 1. The molecule has 33 heavy (non-hydrogen) atoms. The molecule has 0 saturated heterocycles. The van der Waals surface area contributed by atoms with Crippen LogP contribution < -0.4 is 21.7 Å². The molecule has 0 spiro atoms. The highest BCUT2D eigenvalue weighted by Crippen LogP contribution is 2.38. The molecule has 0 radical (unpaired) electrons. The standard InChI is InChI=1S/C22H17ClN6O4/c1-2-11-7-13(29-22(32)26-20(30)17(10-24)27-29)8-15(23)19(11)33-14-5-6-16-18(9-14)28(12-3-4-12)21(31)25-16/h5-9,12H,2-4H2,1H3,(H,25,31)(H,26,30,32). The third kappa shape index (κ3) is 3.62. The molecule has 0 aliphatic heterocycles. The highest BCUT2D eigenvalue weighted by molar-refractivity contribution is 6.32. The lowest BCUT2D eigenvalue weighted by Crippen LogP contribution is -2.33. The second-order valence-corrected chi connectivity index (χ2v) is 8.12. The van der Waals surface area contributed by atoms with Gasteiger partial charge in [0.25, 0.3) is 5.56 Å². The molecule has 11 heteroatoms. The predicted molar refractivity (Wildman–Crippen MR) is 120 cm³/mol. The van der Waals surface area contributed by atoms with Crippen molar-refractivity contribution in [2.24, 2.45) is 0 Å². The largest absolute Gasteiger partial charge is 0.455 e. The minimum absolute atomic E-state index is 0.142. The molecule has 1 aliphatic rings. The lowest BCUT2D eigenvalue weighted by atomic mass is 10.1. The van der Waals surface area contributed by atoms with Crippen LogP contribution in [0.3, 0.4) is 0 Å². The smallest absolute Gasteiger partial charge is 0.349 e. The maximum absolute atomic E-state index is 12.3. The number of nitrogens with zero attached hydrogens (tertiary/aromatic N) is 4.